The van der Waals surface area contributed by atoms with Crippen LogP contribution in [0.15, 0.2) is 6.07 Å². The van der Waals surface area contributed by atoms with Gasteiger partial charge in [0.15, 0.2) is 0 Å². The lowest BCUT2D eigenvalue weighted by atomic mass is 10.0. The van der Waals surface area contributed by atoms with Crippen molar-refractivity contribution in [1.82, 2.24) is 15.5 Å². The smallest absolute Gasteiger partial charge is 0.326 e. The van der Waals surface area contributed by atoms with E-state index < -0.39 is 17.9 Å². The van der Waals surface area contributed by atoms with E-state index >= 15 is 0 Å². The van der Waals surface area contributed by atoms with Crippen LogP contribution in [-0.4, -0.2) is 33.2 Å². The molecule has 0 aromatic carbocycles. The molecule has 0 aliphatic rings. The van der Waals surface area contributed by atoms with Crippen LogP contribution in [0.5, 0.6) is 0 Å². The predicted octanol–water partition coefficient (Wildman–Crippen LogP) is 0.932. The van der Waals surface area contributed by atoms with Crippen LogP contribution in [0.25, 0.3) is 0 Å². The fourth-order valence-electron chi connectivity index (χ4n) is 1.51. The highest BCUT2D eigenvalue weighted by atomic mass is 16.4. The maximum atomic E-state index is 12.0. The quantitative estimate of drug-likeness (QED) is 0.830. The van der Waals surface area contributed by atoms with Crippen LogP contribution in [0.3, 0.4) is 0 Å². The summed E-state index contributed by atoms with van der Waals surface area (Å²) in [6, 6.07) is 0.682. The van der Waals surface area contributed by atoms with Crippen molar-refractivity contribution in [3.63, 3.8) is 0 Å². The molecule has 98 valence electrons. The van der Waals surface area contributed by atoms with E-state index in [0.717, 1.165) is 0 Å². The second kappa shape index (κ2) is 5.57. The van der Waals surface area contributed by atoms with Crippen LogP contribution in [0, 0.1) is 19.8 Å². The molecule has 0 aliphatic carbocycles. The molecule has 1 unspecified atom stereocenters. The molecule has 18 heavy (non-hydrogen) atoms. The number of rotatable bonds is 4. The van der Waals surface area contributed by atoms with Crippen LogP contribution in [0.1, 0.15) is 35.6 Å². The van der Waals surface area contributed by atoms with Gasteiger partial charge in [0, 0.05) is 0 Å². The molecule has 0 aliphatic heterocycles. The molecule has 0 fully saturated rings. The second-order valence-corrected chi connectivity index (χ2v) is 4.52. The summed E-state index contributed by atoms with van der Waals surface area (Å²) in [5.74, 6) is -1.68. The Labute approximate surface area is 105 Å². The molecule has 1 atom stereocenters. The van der Waals surface area contributed by atoms with E-state index in [4.69, 9.17) is 5.11 Å². The largest absolute Gasteiger partial charge is 0.480 e. The number of carboxylic acid groups (broad SMARTS) is 1. The lowest BCUT2D eigenvalue weighted by Crippen LogP contribution is -2.44. The van der Waals surface area contributed by atoms with Gasteiger partial charge in [-0.25, -0.2) is 4.79 Å². The highest BCUT2D eigenvalue weighted by molar-refractivity contribution is 5.97. The molecule has 1 amide bonds. The summed E-state index contributed by atoms with van der Waals surface area (Å²) in [7, 11) is 0. The minimum Gasteiger partial charge on any atom is -0.480 e. The summed E-state index contributed by atoms with van der Waals surface area (Å²) in [5, 5.41) is 19.2. The van der Waals surface area contributed by atoms with Gasteiger partial charge >= 0.3 is 5.97 Å². The first-order chi connectivity index (χ1) is 8.32. The zero-order chi connectivity index (χ0) is 13.9. The maximum Gasteiger partial charge on any atom is 0.326 e. The molecule has 1 heterocycles. The topological polar surface area (TPSA) is 92.2 Å². The van der Waals surface area contributed by atoms with Gasteiger partial charge in [0.05, 0.1) is 17.0 Å². The van der Waals surface area contributed by atoms with Crippen molar-refractivity contribution >= 4 is 11.9 Å². The van der Waals surface area contributed by atoms with E-state index in [0.29, 0.717) is 17.0 Å². The van der Waals surface area contributed by atoms with Gasteiger partial charge in [-0.2, -0.15) is 10.2 Å². The zero-order valence-corrected chi connectivity index (χ0v) is 10.9. The summed E-state index contributed by atoms with van der Waals surface area (Å²) in [5.41, 5.74) is 1.45. The fraction of sp³-hybridized carbons (Fsp3) is 0.500. The number of aromatic nitrogens is 2. The average Bonchev–Trinajstić information content (AvgIpc) is 2.28. The van der Waals surface area contributed by atoms with Crippen molar-refractivity contribution in [3.05, 3.63) is 23.0 Å². The van der Waals surface area contributed by atoms with Crippen LogP contribution in [-0.2, 0) is 4.79 Å². The summed E-state index contributed by atoms with van der Waals surface area (Å²) >= 11 is 0. The molecule has 2 N–H and O–H groups in total. The number of carbonyl (C=O) groups excluding carboxylic acids is 1. The van der Waals surface area contributed by atoms with Gasteiger partial charge in [-0.1, -0.05) is 13.8 Å². The summed E-state index contributed by atoms with van der Waals surface area (Å²) in [6.45, 7) is 6.86. The molecule has 0 spiro atoms. The zero-order valence-electron chi connectivity index (χ0n) is 10.9. The number of carbonyl (C=O) groups is 2. The first-order valence-electron chi connectivity index (χ1n) is 5.67. The average molecular weight is 251 g/mol. The monoisotopic (exact) mass is 251 g/mol. The van der Waals surface area contributed by atoms with Crippen LogP contribution >= 0.6 is 0 Å². The Kier molecular flexibility index (Phi) is 4.36. The summed E-state index contributed by atoms with van der Waals surface area (Å²) in [6.07, 6.45) is 0. The molecule has 0 saturated heterocycles. The molecule has 1 rings (SSSR count). The van der Waals surface area contributed by atoms with Gasteiger partial charge in [-0.3, -0.25) is 4.79 Å². The molecule has 0 radical (unpaired) electrons. The van der Waals surface area contributed by atoms with Crippen LogP contribution in [0.2, 0.25) is 0 Å². The third kappa shape index (κ3) is 3.26. The van der Waals surface area contributed by atoms with Gasteiger partial charge in [0.1, 0.15) is 6.04 Å². The number of hydrogen-bond donors (Lipinski definition) is 2. The standard InChI is InChI=1S/C12H17N3O3/c1-6(2)10(12(17)18)13-11(16)9-5-7(3)14-15-8(9)4/h5-6,10H,1-4H3,(H,13,16)(H,17,18). The Bertz CT molecular complexity index is 472. The van der Waals surface area contributed by atoms with Crippen molar-refractivity contribution in [1.29, 1.82) is 0 Å². The molecule has 6 heteroatoms. The highest BCUT2D eigenvalue weighted by Crippen LogP contribution is 2.08. The number of nitrogens with zero attached hydrogens (tertiary/aromatic N) is 2. The summed E-state index contributed by atoms with van der Waals surface area (Å²) < 4.78 is 0. The van der Waals surface area contributed by atoms with E-state index in [1.54, 1.807) is 33.8 Å². The first kappa shape index (κ1) is 14.1. The fourth-order valence-corrected chi connectivity index (χ4v) is 1.51. The second-order valence-electron chi connectivity index (χ2n) is 4.52. The van der Waals surface area contributed by atoms with E-state index in [1.807, 2.05) is 0 Å². The van der Waals surface area contributed by atoms with Gasteiger partial charge in [0.25, 0.3) is 5.91 Å². The predicted molar refractivity (Wildman–Crippen MR) is 65.2 cm³/mol. The number of amides is 1. The Morgan fingerprint density at radius 1 is 1.28 bits per heavy atom. The molecule has 0 bridgehead atoms. The number of carboxylic acids is 1. The first-order valence-corrected chi connectivity index (χ1v) is 5.67. The van der Waals surface area contributed by atoms with E-state index in [1.165, 1.54) is 0 Å². The van der Waals surface area contributed by atoms with Crippen LogP contribution in [0.4, 0.5) is 0 Å². The number of aliphatic carboxylic acids is 1. The van der Waals surface area contributed by atoms with Crippen molar-refractivity contribution < 1.29 is 14.7 Å². The normalized spacial score (nSPS) is 12.3. The van der Waals surface area contributed by atoms with Gasteiger partial charge < -0.3 is 10.4 Å². The Hall–Kier alpha value is -1.98. The number of aryl methyl sites for hydroxylation is 2. The molecular formula is C12H17N3O3. The third-order valence-electron chi connectivity index (χ3n) is 2.56. The van der Waals surface area contributed by atoms with Crippen LogP contribution < -0.4 is 5.32 Å². The number of nitrogens with one attached hydrogen (secondary N) is 1. The van der Waals surface area contributed by atoms with E-state index in [-0.39, 0.29) is 5.92 Å². The highest BCUT2D eigenvalue weighted by Gasteiger charge is 2.24. The third-order valence-corrected chi connectivity index (χ3v) is 2.56. The maximum absolute atomic E-state index is 12.0. The van der Waals surface area contributed by atoms with E-state index in [9.17, 15) is 9.59 Å². The van der Waals surface area contributed by atoms with E-state index in [2.05, 4.69) is 15.5 Å². The van der Waals surface area contributed by atoms with Crippen molar-refractivity contribution in [2.75, 3.05) is 0 Å². The molecular weight excluding hydrogens is 234 g/mol. The Morgan fingerprint density at radius 3 is 2.39 bits per heavy atom. The Balaban J connectivity index is 2.94. The van der Waals surface area contributed by atoms with Gasteiger partial charge in [-0.05, 0) is 25.8 Å². The summed E-state index contributed by atoms with van der Waals surface area (Å²) in [4.78, 5) is 23.0. The SMILES string of the molecule is Cc1cc(C(=O)NC(C(=O)O)C(C)C)c(C)nn1. The molecule has 6 nitrogen and oxygen atoms in total. The van der Waals surface area contributed by atoms with Gasteiger partial charge in [-0.15, -0.1) is 0 Å². The van der Waals surface area contributed by atoms with Crippen molar-refractivity contribution in [3.8, 4) is 0 Å². The Morgan fingerprint density at radius 2 is 1.89 bits per heavy atom. The molecule has 1 aromatic rings. The minimum atomic E-state index is -1.05. The van der Waals surface area contributed by atoms with Crippen molar-refractivity contribution in [2.24, 2.45) is 5.92 Å². The lowest BCUT2D eigenvalue weighted by Gasteiger charge is -2.18. The van der Waals surface area contributed by atoms with Crippen molar-refractivity contribution in [2.45, 2.75) is 33.7 Å². The molecule has 1 aromatic heterocycles. The van der Waals surface area contributed by atoms with Gasteiger partial charge in [0.2, 0.25) is 0 Å². The molecule has 0 saturated carbocycles. The number of hydrogen-bond acceptors (Lipinski definition) is 4. The lowest BCUT2D eigenvalue weighted by molar-refractivity contribution is -0.140. The minimum absolute atomic E-state index is 0.192.